The first-order chi connectivity index (χ1) is 12.2. The molecule has 0 atom stereocenters. The molecule has 1 heterocycles. The molecule has 1 amide bonds. The topological polar surface area (TPSA) is 51.2 Å². The van der Waals surface area contributed by atoms with Crippen LogP contribution in [0.1, 0.15) is 21.6 Å². The number of hydrogen-bond donors (Lipinski definition) is 1. The molecular formula is C20H20N2O2S. The monoisotopic (exact) mass is 352 g/mol. The summed E-state index contributed by atoms with van der Waals surface area (Å²) in [6.07, 6.45) is 0.706. The molecular weight excluding hydrogens is 332 g/mol. The van der Waals surface area contributed by atoms with Gasteiger partial charge in [-0.3, -0.25) is 4.79 Å². The zero-order valence-corrected chi connectivity index (χ0v) is 15.1. The fourth-order valence-corrected chi connectivity index (χ4v) is 3.35. The fourth-order valence-electron chi connectivity index (χ4n) is 2.50. The molecule has 4 nitrogen and oxygen atoms in total. The van der Waals surface area contributed by atoms with E-state index in [2.05, 4.69) is 40.8 Å². The average Bonchev–Trinajstić information content (AvgIpc) is 3.10. The van der Waals surface area contributed by atoms with Crippen LogP contribution in [0.5, 0.6) is 5.75 Å². The molecule has 0 aliphatic heterocycles. The van der Waals surface area contributed by atoms with Crippen molar-refractivity contribution in [3.8, 4) is 16.3 Å². The maximum absolute atomic E-state index is 12.2. The van der Waals surface area contributed by atoms with Crippen LogP contribution in [0.3, 0.4) is 0 Å². The minimum Gasteiger partial charge on any atom is -0.497 e. The van der Waals surface area contributed by atoms with Crippen LogP contribution < -0.4 is 10.1 Å². The molecule has 0 aliphatic carbocycles. The normalized spacial score (nSPS) is 10.5. The van der Waals surface area contributed by atoms with Gasteiger partial charge in [-0.05, 0) is 31.2 Å². The third-order valence-corrected chi connectivity index (χ3v) is 4.76. The number of hydrogen-bond acceptors (Lipinski definition) is 4. The third-order valence-electron chi connectivity index (χ3n) is 3.82. The number of benzene rings is 2. The molecule has 3 rings (SSSR count). The second kappa shape index (κ2) is 7.94. The number of ether oxygens (including phenoxy) is 1. The Bertz CT molecular complexity index is 873. The van der Waals surface area contributed by atoms with Crippen molar-refractivity contribution in [3.05, 3.63) is 70.7 Å². The molecule has 0 bridgehead atoms. The molecule has 5 heteroatoms. The first-order valence-corrected chi connectivity index (χ1v) is 8.97. The summed E-state index contributed by atoms with van der Waals surface area (Å²) in [5.74, 6) is 0.572. The van der Waals surface area contributed by atoms with Gasteiger partial charge in [0.15, 0.2) is 0 Å². The lowest BCUT2D eigenvalue weighted by Crippen LogP contribution is -2.25. The summed E-state index contributed by atoms with van der Waals surface area (Å²) in [5, 5.41) is 5.99. The number of rotatable bonds is 6. The van der Waals surface area contributed by atoms with Gasteiger partial charge >= 0.3 is 0 Å². The third kappa shape index (κ3) is 4.45. The Labute approximate surface area is 151 Å². The van der Waals surface area contributed by atoms with Crippen LogP contribution >= 0.6 is 11.3 Å². The maximum atomic E-state index is 12.2. The van der Waals surface area contributed by atoms with E-state index in [0.29, 0.717) is 24.3 Å². The van der Waals surface area contributed by atoms with Crippen molar-refractivity contribution in [1.29, 1.82) is 0 Å². The average molecular weight is 352 g/mol. The molecule has 0 fully saturated rings. The van der Waals surface area contributed by atoms with Gasteiger partial charge in [-0.25, -0.2) is 4.98 Å². The van der Waals surface area contributed by atoms with Gasteiger partial charge in [-0.15, -0.1) is 11.3 Å². The number of nitrogens with zero attached hydrogens (tertiary/aromatic N) is 1. The molecule has 25 heavy (non-hydrogen) atoms. The Balaban J connectivity index is 1.56. The van der Waals surface area contributed by atoms with Gasteiger partial charge in [0.05, 0.1) is 12.8 Å². The maximum Gasteiger partial charge on any atom is 0.251 e. The molecule has 0 saturated heterocycles. The number of aromatic nitrogens is 1. The van der Waals surface area contributed by atoms with Crippen molar-refractivity contribution in [2.24, 2.45) is 0 Å². The fraction of sp³-hybridized carbons (Fsp3) is 0.200. The van der Waals surface area contributed by atoms with E-state index in [0.717, 1.165) is 16.3 Å². The van der Waals surface area contributed by atoms with E-state index in [9.17, 15) is 4.79 Å². The highest BCUT2D eigenvalue weighted by Gasteiger charge is 2.08. The lowest BCUT2D eigenvalue weighted by atomic mass is 10.1. The van der Waals surface area contributed by atoms with E-state index in [4.69, 9.17) is 4.74 Å². The molecule has 2 aromatic carbocycles. The van der Waals surface area contributed by atoms with Gasteiger partial charge in [0.1, 0.15) is 10.8 Å². The smallest absolute Gasteiger partial charge is 0.251 e. The number of nitrogens with one attached hydrogen (secondary N) is 1. The van der Waals surface area contributed by atoms with Crippen LogP contribution in [0.15, 0.2) is 53.9 Å². The van der Waals surface area contributed by atoms with E-state index in [1.165, 1.54) is 5.56 Å². The summed E-state index contributed by atoms with van der Waals surface area (Å²) in [4.78, 5) is 16.8. The van der Waals surface area contributed by atoms with Crippen molar-refractivity contribution >= 4 is 17.2 Å². The lowest BCUT2D eigenvalue weighted by molar-refractivity contribution is 0.0953. The molecule has 0 saturated carbocycles. The number of thiazole rings is 1. The minimum atomic E-state index is -0.104. The predicted octanol–water partition coefficient (Wildman–Crippen LogP) is 4.10. The van der Waals surface area contributed by atoms with Crippen LogP contribution in [0.2, 0.25) is 0 Å². The standard InChI is InChI=1S/C20H20N2O2S/c1-14-5-3-7-16(11-14)20-22-17(13-25-20)9-10-21-19(23)15-6-4-8-18(12-15)24-2/h3-8,11-13H,9-10H2,1-2H3,(H,21,23). The van der Waals surface area contributed by atoms with Gasteiger partial charge in [-0.1, -0.05) is 29.8 Å². The highest BCUT2D eigenvalue weighted by atomic mass is 32.1. The van der Waals surface area contributed by atoms with E-state index in [-0.39, 0.29) is 5.91 Å². The van der Waals surface area contributed by atoms with Crippen LogP contribution in [-0.4, -0.2) is 24.5 Å². The lowest BCUT2D eigenvalue weighted by Gasteiger charge is -2.06. The Morgan fingerprint density at radius 3 is 2.84 bits per heavy atom. The van der Waals surface area contributed by atoms with Crippen molar-refractivity contribution in [3.63, 3.8) is 0 Å². The number of carbonyl (C=O) groups excluding carboxylic acids is 1. The summed E-state index contributed by atoms with van der Waals surface area (Å²) < 4.78 is 5.14. The second-order valence-electron chi connectivity index (χ2n) is 5.75. The van der Waals surface area contributed by atoms with Crippen LogP contribution in [0, 0.1) is 6.92 Å². The molecule has 0 unspecified atom stereocenters. The summed E-state index contributed by atoms with van der Waals surface area (Å²) in [6, 6.07) is 15.4. The summed E-state index contributed by atoms with van der Waals surface area (Å²) >= 11 is 1.63. The van der Waals surface area contributed by atoms with E-state index < -0.39 is 0 Å². The predicted molar refractivity (Wildman–Crippen MR) is 101 cm³/mol. The highest BCUT2D eigenvalue weighted by Crippen LogP contribution is 2.24. The Morgan fingerprint density at radius 1 is 1.20 bits per heavy atom. The van der Waals surface area contributed by atoms with E-state index in [1.807, 2.05) is 18.2 Å². The second-order valence-corrected chi connectivity index (χ2v) is 6.61. The number of aryl methyl sites for hydroxylation is 1. The largest absolute Gasteiger partial charge is 0.497 e. The van der Waals surface area contributed by atoms with Gasteiger partial charge in [0, 0.05) is 29.5 Å². The molecule has 128 valence electrons. The Hall–Kier alpha value is -2.66. The summed E-state index contributed by atoms with van der Waals surface area (Å²) in [5.41, 5.74) is 3.95. The first kappa shape index (κ1) is 17.2. The van der Waals surface area contributed by atoms with Gasteiger partial charge in [-0.2, -0.15) is 0 Å². The summed E-state index contributed by atoms with van der Waals surface area (Å²) in [6.45, 7) is 2.62. The SMILES string of the molecule is COc1cccc(C(=O)NCCc2csc(-c3cccc(C)c3)n2)c1. The molecule has 0 spiro atoms. The minimum absolute atomic E-state index is 0.104. The zero-order valence-electron chi connectivity index (χ0n) is 14.3. The number of methoxy groups -OCH3 is 1. The van der Waals surface area contributed by atoms with Crippen LogP contribution in [0.25, 0.3) is 10.6 Å². The Morgan fingerprint density at radius 2 is 2.04 bits per heavy atom. The van der Waals surface area contributed by atoms with Crippen molar-refractivity contribution in [1.82, 2.24) is 10.3 Å². The Kier molecular flexibility index (Phi) is 5.46. The van der Waals surface area contributed by atoms with Gasteiger partial charge in [0.2, 0.25) is 0 Å². The highest BCUT2D eigenvalue weighted by molar-refractivity contribution is 7.13. The number of carbonyl (C=O) groups is 1. The van der Waals surface area contributed by atoms with Crippen molar-refractivity contribution < 1.29 is 9.53 Å². The molecule has 0 radical (unpaired) electrons. The number of amides is 1. The van der Waals surface area contributed by atoms with E-state index in [1.54, 1.807) is 30.6 Å². The van der Waals surface area contributed by atoms with Crippen molar-refractivity contribution in [2.45, 2.75) is 13.3 Å². The van der Waals surface area contributed by atoms with Crippen molar-refractivity contribution in [2.75, 3.05) is 13.7 Å². The van der Waals surface area contributed by atoms with Crippen LogP contribution in [0.4, 0.5) is 0 Å². The molecule has 0 aliphatic rings. The first-order valence-electron chi connectivity index (χ1n) is 8.09. The van der Waals surface area contributed by atoms with Crippen LogP contribution in [-0.2, 0) is 6.42 Å². The molecule has 1 N–H and O–H groups in total. The van der Waals surface area contributed by atoms with Gasteiger partial charge < -0.3 is 10.1 Å². The quantitative estimate of drug-likeness (QED) is 0.727. The van der Waals surface area contributed by atoms with Gasteiger partial charge in [0.25, 0.3) is 5.91 Å². The molecule has 1 aromatic heterocycles. The zero-order chi connectivity index (χ0) is 17.6. The summed E-state index contributed by atoms with van der Waals surface area (Å²) in [7, 11) is 1.59. The van der Waals surface area contributed by atoms with E-state index >= 15 is 0 Å². The molecule has 3 aromatic rings.